The van der Waals surface area contributed by atoms with Crippen LogP contribution in [0.25, 0.3) is 0 Å². The fourth-order valence-electron chi connectivity index (χ4n) is 3.13. The second-order valence-electron chi connectivity index (χ2n) is 5.69. The fraction of sp³-hybridized carbons (Fsp3) is 0.467. The highest BCUT2D eigenvalue weighted by Crippen LogP contribution is 2.23. The molecule has 124 valence electrons. The molecule has 4 rings (SSSR count). The number of halogens is 1. The Morgan fingerprint density at radius 1 is 1.26 bits per heavy atom. The van der Waals surface area contributed by atoms with Crippen molar-refractivity contribution in [3.8, 4) is 0 Å². The molecule has 0 saturated carbocycles. The topological polar surface area (TPSA) is 64.3 Å². The number of nitrogens with zero attached hydrogens (tertiary/aromatic N) is 3. The van der Waals surface area contributed by atoms with Crippen molar-refractivity contribution in [1.82, 2.24) is 20.4 Å². The molecular weight excluding hydrogens is 334 g/mol. The van der Waals surface area contributed by atoms with Gasteiger partial charge in [-0.1, -0.05) is 0 Å². The second kappa shape index (κ2) is 6.90. The number of nitrogens with one attached hydrogen (secondary N) is 2. The molecule has 0 unspecified atom stereocenters. The van der Waals surface area contributed by atoms with E-state index in [4.69, 9.17) is 0 Å². The largest absolute Gasteiger partial charge is 0.360 e. The van der Waals surface area contributed by atoms with Crippen molar-refractivity contribution in [2.75, 3.05) is 37.6 Å². The zero-order chi connectivity index (χ0) is 14.9. The molecule has 2 aliphatic heterocycles. The van der Waals surface area contributed by atoms with Crippen molar-refractivity contribution in [1.29, 1.82) is 0 Å². The van der Waals surface area contributed by atoms with Gasteiger partial charge in [0, 0.05) is 56.9 Å². The summed E-state index contributed by atoms with van der Waals surface area (Å²) >= 11 is 1.75. The van der Waals surface area contributed by atoms with Crippen LogP contribution in [0.2, 0.25) is 0 Å². The molecule has 0 atom stereocenters. The van der Waals surface area contributed by atoms with Crippen LogP contribution in [0.1, 0.15) is 21.7 Å². The van der Waals surface area contributed by atoms with Crippen LogP contribution in [-0.4, -0.2) is 53.7 Å². The van der Waals surface area contributed by atoms with Gasteiger partial charge in [-0.2, -0.15) is 5.10 Å². The minimum absolute atomic E-state index is 0. The van der Waals surface area contributed by atoms with E-state index >= 15 is 0 Å². The zero-order valence-corrected chi connectivity index (χ0v) is 14.4. The summed E-state index contributed by atoms with van der Waals surface area (Å²) in [6.45, 7) is 4.97. The van der Waals surface area contributed by atoms with E-state index in [1.807, 2.05) is 4.90 Å². The number of carbonyl (C=O) groups is 1. The smallest absolute Gasteiger partial charge is 0.274 e. The van der Waals surface area contributed by atoms with Gasteiger partial charge < -0.3 is 15.1 Å². The average molecular weight is 354 g/mol. The van der Waals surface area contributed by atoms with Crippen molar-refractivity contribution < 1.29 is 4.79 Å². The molecule has 2 aliphatic rings. The molecule has 23 heavy (non-hydrogen) atoms. The fourth-order valence-corrected chi connectivity index (χ4v) is 3.92. The van der Waals surface area contributed by atoms with Crippen LogP contribution in [0.3, 0.4) is 0 Å². The molecule has 8 heteroatoms. The van der Waals surface area contributed by atoms with Crippen molar-refractivity contribution in [2.24, 2.45) is 0 Å². The van der Waals surface area contributed by atoms with Crippen LogP contribution in [-0.2, 0) is 13.0 Å². The minimum Gasteiger partial charge on any atom is -0.360 e. The summed E-state index contributed by atoms with van der Waals surface area (Å²) in [6.07, 6.45) is 0.918. The predicted molar refractivity (Wildman–Crippen MR) is 93.7 cm³/mol. The third-order valence-corrected chi connectivity index (χ3v) is 5.32. The number of H-pyrrole nitrogens is 1. The first-order chi connectivity index (χ1) is 10.8. The van der Waals surface area contributed by atoms with Gasteiger partial charge in [-0.15, -0.1) is 23.7 Å². The van der Waals surface area contributed by atoms with Gasteiger partial charge in [-0.25, -0.2) is 0 Å². The van der Waals surface area contributed by atoms with E-state index < -0.39 is 0 Å². The number of anilines is 1. The maximum atomic E-state index is 12.7. The molecule has 0 aliphatic carbocycles. The van der Waals surface area contributed by atoms with Crippen molar-refractivity contribution in [2.45, 2.75) is 13.0 Å². The standard InChI is InChI=1S/C15H19N5OS.ClH/c21-15(14-11-10-16-4-3-12(11)17-18-14)20-7-5-19(6-8-20)13-2-1-9-22-13;/h1-2,9,16H,3-8,10H2,(H,17,18);1H. The van der Waals surface area contributed by atoms with Gasteiger partial charge in [0.1, 0.15) is 0 Å². The Hall–Kier alpha value is -1.57. The van der Waals surface area contributed by atoms with Crippen LogP contribution < -0.4 is 10.2 Å². The summed E-state index contributed by atoms with van der Waals surface area (Å²) < 4.78 is 0. The molecule has 0 bridgehead atoms. The first-order valence-corrected chi connectivity index (χ1v) is 8.55. The molecule has 2 aromatic heterocycles. The van der Waals surface area contributed by atoms with Gasteiger partial charge in [0.2, 0.25) is 0 Å². The van der Waals surface area contributed by atoms with Crippen LogP contribution in [0, 0.1) is 0 Å². The summed E-state index contributed by atoms with van der Waals surface area (Å²) in [5, 5.41) is 14.0. The van der Waals surface area contributed by atoms with E-state index in [1.54, 1.807) is 11.3 Å². The summed E-state index contributed by atoms with van der Waals surface area (Å²) in [7, 11) is 0. The molecule has 0 aromatic carbocycles. The molecule has 6 nitrogen and oxygen atoms in total. The third kappa shape index (κ3) is 3.08. The van der Waals surface area contributed by atoms with E-state index in [0.717, 1.165) is 56.9 Å². The lowest BCUT2D eigenvalue weighted by molar-refractivity contribution is 0.0739. The lowest BCUT2D eigenvalue weighted by atomic mass is 10.1. The van der Waals surface area contributed by atoms with Gasteiger partial charge in [0.05, 0.1) is 5.00 Å². The number of aromatic amines is 1. The Bertz CT molecular complexity index is 663. The predicted octanol–water partition coefficient (Wildman–Crippen LogP) is 1.50. The van der Waals surface area contributed by atoms with Crippen LogP contribution in [0.4, 0.5) is 5.00 Å². The molecular formula is C15H20ClN5OS. The van der Waals surface area contributed by atoms with Crippen molar-refractivity contribution >= 4 is 34.7 Å². The zero-order valence-electron chi connectivity index (χ0n) is 12.7. The minimum atomic E-state index is 0. The second-order valence-corrected chi connectivity index (χ2v) is 6.61. The molecule has 2 N–H and O–H groups in total. The highest BCUT2D eigenvalue weighted by molar-refractivity contribution is 7.14. The van der Waals surface area contributed by atoms with Crippen molar-refractivity contribution in [3.05, 3.63) is 34.5 Å². The molecule has 4 heterocycles. The summed E-state index contributed by atoms with van der Waals surface area (Å²) in [5.74, 6) is 0.0621. The number of hydrogen-bond donors (Lipinski definition) is 2. The van der Waals surface area contributed by atoms with Crippen molar-refractivity contribution in [3.63, 3.8) is 0 Å². The number of hydrogen-bond acceptors (Lipinski definition) is 5. The maximum Gasteiger partial charge on any atom is 0.274 e. The Labute approximate surface area is 145 Å². The van der Waals surface area contributed by atoms with Crippen LogP contribution in [0.15, 0.2) is 17.5 Å². The molecule has 1 amide bonds. The van der Waals surface area contributed by atoms with E-state index in [0.29, 0.717) is 5.69 Å². The lowest BCUT2D eigenvalue weighted by Crippen LogP contribution is -2.49. The van der Waals surface area contributed by atoms with E-state index in [1.165, 1.54) is 5.00 Å². The quantitative estimate of drug-likeness (QED) is 0.858. The molecule has 0 radical (unpaired) electrons. The highest BCUT2D eigenvalue weighted by atomic mass is 35.5. The Balaban J connectivity index is 0.00000156. The highest BCUT2D eigenvalue weighted by Gasteiger charge is 2.28. The number of fused-ring (bicyclic) bond motifs is 1. The van der Waals surface area contributed by atoms with Gasteiger partial charge >= 0.3 is 0 Å². The van der Waals surface area contributed by atoms with Crippen LogP contribution in [0.5, 0.6) is 0 Å². The number of carbonyl (C=O) groups excluding carboxylic acids is 1. The van der Waals surface area contributed by atoms with E-state index in [-0.39, 0.29) is 18.3 Å². The Kier molecular flexibility index (Phi) is 4.89. The van der Waals surface area contributed by atoms with Gasteiger partial charge in [0.25, 0.3) is 5.91 Å². The summed E-state index contributed by atoms with van der Waals surface area (Å²) in [6, 6.07) is 4.21. The average Bonchev–Trinajstić information content (AvgIpc) is 3.24. The first kappa shape index (κ1) is 16.3. The normalized spacial score (nSPS) is 17.6. The van der Waals surface area contributed by atoms with Gasteiger partial charge in [-0.05, 0) is 17.5 Å². The molecule has 2 aromatic rings. The number of amides is 1. The Morgan fingerprint density at radius 2 is 2.09 bits per heavy atom. The van der Waals surface area contributed by atoms with E-state index in [9.17, 15) is 4.79 Å². The maximum absolute atomic E-state index is 12.7. The lowest BCUT2D eigenvalue weighted by Gasteiger charge is -2.35. The molecule has 1 saturated heterocycles. The van der Waals surface area contributed by atoms with Gasteiger partial charge in [0.15, 0.2) is 5.69 Å². The summed E-state index contributed by atoms with van der Waals surface area (Å²) in [4.78, 5) is 17.0. The van der Waals surface area contributed by atoms with Crippen LogP contribution >= 0.6 is 23.7 Å². The van der Waals surface area contributed by atoms with Gasteiger partial charge in [-0.3, -0.25) is 9.89 Å². The summed E-state index contributed by atoms with van der Waals surface area (Å²) in [5.41, 5.74) is 2.77. The molecule has 0 spiro atoms. The third-order valence-electron chi connectivity index (χ3n) is 4.39. The number of piperazine rings is 1. The monoisotopic (exact) mass is 353 g/mol. The number of rotatable bonds is 2. The number of thiophene rings is 1. The molecule has 1 fully saturated rings. The Morgan fingerprint density at radius 3 is 2.83 bits per heavy atom. The number of aromatic nitrogens is 2. The first-order valence-electron chi connectivity index (χ1n) is 7.67. The van der Waals surface area contributed by atoms with E-state index in [2.05, 4.69) is 37.9 Å². The SMILES string of the molecule is Cl.O=C(c1n[nH]c2c1CNCC2)N1CCN(c2cccs2)CC1.